The highest BCUT2D eigenvalue weighted by Gasteiger charge is 2.16. The van der Waals surface area contributed by atoms with Crippen LogP contribution >= 0.6 is 11.3 Å². The zero-order valence-electron chi connectivity index (χ0n) is 11.5. The molecule has 0 aliphatic heterocycles. The Morgan fingerprint density at radius 3 is 2.80 bits per heavy atom. The summed E-state index contributed by atoms with van der Waals surface area (Å²) in [6.07, 6.45) is 0.870. The van der Waals surface area contributed by atoms with Gasteiger partial charge in [-0.2, -0.15) is 0 Å². The van der Waals surface area contributed by atoms with Gasteiger partial charge in [0, 0.05) is 16.6 Å². The van der Waals surface area contributed by atoms with E-state index >= 15 is 0 Å². The summed E-state index contributed by atoms with van der Waals surface area (Å²) in [4.78, 5) is 16.9. The van der Waals surface area contributed by atoms with Crippen molar-refractivity contribution in [2.24, 2.45) is 0 Å². The topological polar surface area (TPSA) is 43.6 Å². The van der Waals surface area contributed by atoms with E-state index < -0.39 is 0 Å². The fourth-order valence-corrected chi connectivity index (χ4v) is 3.24. The van der Waals surface area contributed by atoms with Crippen LogP contribution in [0.3, 0.4) is 0 Å². The Morgan fingerprint density at radius 1 is 1.35 bits per heavy atom. The average Bonchev–Trinajstić information content (AvgIpc) is 2.98. The van der Waals surface area contributed by atoms with Gasteiger partial charge in [0.2, 0.25) is 0 Å². The van der Waals surface area contributed by atoms with Crippen molar-refractivity contribution in [2.75, 3.05) is 7.11 Å². The normalized spacial score (nSPS) is 10.9. The molecule has 0 aliphatic rings. The monoisotopic (exact) mass is 286 g/mol. The lowest BCUT2D eigenvalue weighted by atomic mass is 10.1. The number of imidazole rings is 1. The molecule has 3 aromatic rings. The number of hydrogen-bond acceptors (Lipinski definition) is 4. The Balaban J connectivity index is 2.23. The van der Waals surface area contributed by atoms with Crippen LogP contribution in [-0.2, 0) is 0 Å². The third-order valence-electron chi connectivity index (χ3n) is 3.35. The van der Waals surface area contributed by atoms with Gasteiger partial charge in [-0.3, -0.25) is 9.20 Å². The van der Waals surface area contributed by atoms with E-state index in [1.54, 1.807) is 7.11 Å². The smallest absolute Gasteiger partial charge is 0.195 e. The number of fused-ring (bicyclic) bond motifs is 1. The number of aldehydes is 1. The van der Waals surface area contributed by atoms with Gasteiger partial charge in [0.05, 0.1) is 7.11 Å². The highest BCUT2D eigenvalue weighted by molar-refractivity contribution is 7.15. The highest BCUT2D eigenvalue weighted by Crippen LogP contribution is 2.30. The van der Waals surface area contributed by atoms with Crippen LogP contribution in [0.5, 0.6) is 5.75 Å². The van der Waals surface area contributed by atoms with Gasteiger partial charge in [-0.25, -0.2) is 4.98 Å². The van der Waals surface area contributed by atoms with Gasteiger partial charge in [-0.1, -0.05) is 0 Å². The molecule has 5 heteroatoms. The van der Waals surface area contributed by atoms with Gasteiger partial charge in [0.15, 0.2) is 11.2 Å². The molecule has 0 amide bonds. The third-order valence-corrected chi connectivity index (χ3v) is 4.29. The molecule has 1 aromatic carbocycles. The van der Waals surface area contributed by atoms with Crippen molar-refractivity contribution in [3.8, 4) is 17.0 Å². The Morgan fingerprint density at radius 2 is 2.15 bits per heavy atom. The van der Waals surface area contributed by atoms with Crippen LogP contribution < -0.4 is 4.74 Å². The largest absolute Gasteiger partial charge is 0.496 e. The third kappa shape index (κ3) is 1.82. The summed E-state index contributed by atoms with van der Waals surface area (Å²) in [6, 6.07) is 5.83. The zero-order chi connectivity index (χ0) is 14.3. The number of methoxy groups -OCH3 is 1. The molecule has 0 atom stereocenters. The fourth-order valence-electron chi connectivity index (χ4n) is 2.37. The van der Waals surface area contributed by atoms with E-state index in [1.807, 2.05) is 41.8 Å². The molecule has 0 bridgehead atoms. The van der Waals surface area contributed by atoms with Gasteiger partial charge in [-0.05, 0) is 37.6 Å². The van der Waals surface area contributed by atoms with Crippen LogP contribution in [0, 0.1) is 13.8 Å². The highest BCUT2D eigenvalue weighted by atomic mass is 32.1. The van der Waals surface area contributed by atoms with E-state index in [0.29, 0.717) is 5.69 Å². The summed E-state index contributed by atoms with van der Waals surface area (Å²) in [5.74, 6) is 0.832. The van der Waals surface area contributed by atoms with Crippen molar-refractivity contribution in [3.05, 3.63) is 40.5 Å². The SMILES string of the molecule is COc1ccc(-c2nc3scc(C)n3c2C=O)cc1C. The predicted molar refractivity (Wildman–Crippen MR) is 79.9 cm³/mol. The predicted octanol–water partition coefficient (Wildman–Crippen LogP) is 3.50. The molecular formula is C15H14N2O2S. The van der Waals surface area contributed by atoms with Gasteiger partial charge in [-0.15, -0.1) is 11.3 Å². The van der Waals surface area contributed by atoms with Crippen LogP contribution in [0.2, 0.25) is 0 Å². The number of aromatic nitrogens is 2. The molecule has 0 unspecified atom stereocenters. The Labute approximate surface area is 120 Å². The minimum atomic E-state index is 0.600. The summed E-state index contributed by atoms with van der Waals surface area (Å²) in [6.45, 7) is 3.95. The standard InChI is InChI=1S/C15H14N2O2S/c1-9-6-11(4-5-13(9)19-3)14-12(7-18)17-10(2)8-20-15(17)16-14/h4-8H,1-3H3. The maximum atomic E-state index is 11.5. The molecule has 0 aliphatic carbocycles. The van der Waals surface area contributed by atoms with Crippen molar-refractivity contribution in [3.63, 3.8) is 0 Å². The van der Waals surface area contributed by atoms with Crippen molar-refractivity contribution in [1.82, 2.24) is 9.38 Å². The first-order valence-electron chi connectivity index (χ1n) is 6.22. The Kier molecular flexibility index (Phi) is 3.06. The summed E-state index contributed by atoms with van der Waals surface area (Å²) in [7, 11) is 1.65. The fraction of sp³-hybridized carbons (Fsp3) is 0.200. The van der Waals surface area contributed by atoms with Gasteiger partial charge in [0.25, 0.3) is 0 Å². The van der Waals surface area contributed by atoms with Crippen molar-refractivity contribution >= 4 is 22.6 Å². The number of benzene rings is 1. The van der Waals surface area contributed by atoms with E-state index in [1.165, 1.54) is 11.3 Å². The van der Waals surface area contributed by atoms with Gasteiger partial charge in [0.1, 0.15) is 17.1 Å². The Hall–Kier alpha value is -2.14. The first-order valence-corrected chi connectivity index (χ1v) is 7.10. The first-order chi connectivity index (χ1) is 9.65. The summed E-state index contributed by atoms with van der Waals surface area (Å²) in [5, 5.41) is 2.00. The maximum Gasteiger partial charge on any atom is 0.195 e. The molecule has 20 heavy (non-hydrogen) atoms. The maximum absolute atomic E-state index is 11.5. The van der Waals surface area contributed by atoms with Crippen LogP contribution in [0.1, 0.15) is 21.7 Å². The molecular weight excluding hydrogens is 272 g/mol. The average molecular weight is 286 g/mol. The van der Waals surface area contributed by atoms with Crippen molar-refractivity contribution in [2.45, 2.75) is 13.8 Å². The molecule has 102 valence electrons. The number of aryl methyl sites for hydroxylation is 2. The summed E-state index contributed by atoms with van der Waals surface area (Å²) >= 11 is 1.54. The molecule has 0 N–H and O–H groups in total. The molecule has 4 nitrogen and oxygen atoms in total. The minimum absolute atomic E-state index is 0.600. The second kappa shape index (κ2) is 4.76. The number of hydrogen-bond donors (Lipinski definition) is 0. The van der Waals surface area contributed by atoms with E-state index in [9.17, 15) is 4.79 Å². The summed E-state index contributed by atoms with van der Waals surface area (Å²) < 4.78 is 7.16. The molecule has 0 saturated carbocycles. The molecule has 2 heterocycles. The van der Waals surface area contributed by atoms with Crippen LogP contribution in [0.4, 0.5) is 0 Å². The number of ether oxygens (including phenoxy) is 1. The lowest BCUT2D eigenvalue weighted by Gasteiger charge is -2.06. The number of nitrogens with zero attached hydrogens (tertiary/aromatic N) is 2. The number of carbonyl (C=O) groups excluding carboxylic acids is 1. The number of carbonyl (C=O) groups is 1. The van der Waals surface area contributed by atoms with Gasteiger partial charge < -0.3 is 4.74 Å². The second-order valence-corrected chi connectivity index (χ2v) is 5.48. The van der Waals surface area contributed by atoms with Crippen LogP contribution in [-0.4, -0.2) is 22.8 Å². The Bertz CT molecular complexity index is 802. The first kappa shape index (κ1) is 12.9. The number of rotatable bonds is 3. The van der Waals surface area contributed by atoms with E-state index in [4.69, 9.17) is 4.74 Å². The molecule has 0 radical (unpaired) electrons. The molecule has 0 saturated heterocycles. The van der Waals surface area contributed by atoms with E-state index in [0.717, 1.165) is 39.5 Å². The second-order valence-electron chi connectivity index (χ2n) is 4.64. The molecule has 0 spiro atoms. The van der Waals surface area contributed by atoms with Gasteiger partial charge >= 0.3 is 0 Å². The quantitative estimate of drug-likeness (QED) is 0.692. The minimum Gasteiger partial charge on any atom is -0.496 e. The number of thiazole rings is 1. The van der Waals surface area contributed by atoms with Crippen molar-refractivity contribution in [1.29, 1.82) is 0 Å². The van der Waals surface area contributed by atoms with Crippen LogP contribution in [0.15, 0.2) is 23.6 Å². The molecule has 0 fully saturated rings. The molecule has 2 aromatic heterocycles. The van der Waals surface area contributed by atoms with Crippen LogP contribution in [0.25, 0.3) is 16.2 Å². The lowest BCUT2D eigenvalue weighted by Crippen LogP contribution is -1.94. The van der Waals surface area contributed by atoms with E-state index in [-0.39, 0.29) is 0 Å². The molecule has 3 rings (SSSR count). The van der Waals surface area contributed by atoms with Crippen molar-refractivity contribution < 1.29 is 9.53 Å². The zero-order valence-corrected chi connectivity index (χ0v) is 12.3. The summed E-state index contributed by atoms with van der Waals surface area (Å²) in [5.41, 5.74) is 4.30. The lowest BCUT2D eigenvalue weighted by molar-refractivity contribution is 0.111. The van der Waals surface area contributed by atoms with E-state index in [2.05, 4.69) is 4.98 Å².